The van der Waals surface area contributed by atoms with Gasteiger partial charge in [-0.15, -0.1) is 0 Å². The summed E-state index contributed by atoms with van der Waals surface area (Å²) in [6.07, 6.45) is 1.19. The molecule has 0 radical (unpaired) electrons. The molecule has 0 spiro atoms. The van der Waals surface area contributed by atoms with E-state index in [9.17, 15) is 0 Å². The molecule has 0 bridgehead atoms. The van der Waals surface area contributed by atoms with Gasteiger partial charge in [0.2, 0.25) is 0 Å². The van der Waals surface area contributed by atoms with E-state index in [0.717, 1.165) is 58.4 Å². The number of likely N-dealkylation sites (tertiary alicyclic amines) is 1. The van der Waals surface area contributed by atoms with Gasteiger partial charge in [0.05, 0.1) is 13.2 Å². The summed E-state index contributed by atoms with van der Waals surface area (Å²) < 4.78 is 5.44. The third-order valence-electron chi connectivity index (χ3n) is 5.93. The van der Waals surface area contributed by atoms with E-state index in [1.807, 2.05) is 7.05 Å². The molecule has 2 saturated heterocycles. The number of hydrogen-bond acceptors (Lipinski definition) is 3. The zero-order valence-corrected chi connectivity index (χ0v) is 17.2. The number of guanidine groups is 1. The standard InChI is InChI=1S/C22H36N4O/c1-18(16-25-11-13-27-14-12-25)15-24-22(23-3)26-10-9-21(19(2)17-26)20-7-5-4-6-8-20/h4-8,18-19,21H,9-17H2,1-3H3,(H,23,24). The SMILES string of the molecule is CN=C(NCC(C)CN1CCOCC1)N1CCC(c2ccccc2)C(C)C1. The van der Waals surface area contributed by atoms with Crippen molar-refractivity contribution in [3.05, 3.63) is 35.9 Å². The number of aliphatic imine (C=N–C) groups is 1. The maximum Gasteiger partial charge on any atom is 0.193 e. The third-order valence-corrected chi connectivity index (χ3v) is 5.93. The Balaban J connectivity index is 1.47. The number of piperidine rings is 1. The lowest BCUT2D eigenvalue weighted by Gasteiger charge is -2.39. The van der Waals surface area contributed by atoms with Crippen LogP contribution in [-0.2, 0) is 4.74 Å². The van der Waals surface area contributed by atoms with Crippen molar-refractivity contribution in [1.29, 1.82) is 0 Å². The van der Waals surface area contributed by atoms with Gasteiger partial charge in [-0.25, -0.2) is 0 Å². The van der Waals surface area contributed by atoms with Crippen LogP contribution in [0.25, 0.3) is 0 Å². The molecule has 2 aliphatic heterocycles. The van der Waals surface area contributed by atoms with E-state index in [-0.39, 0.29) is 0 Å². The molecule has 0 aliphatic carbocycles. The number of morpholine rings is 1. The van der Waals surface area contributed by atoms with Crippen molar-refractivity contribution in [3.8, 4) is 0 Å². The summed E-state index contributed by atoms with van der Waals surface area (Å²) in [5, 5.41) is 3.62. The fraction of sp³-hybridized carbons (Fsp3) is 0.682. The molecule has 150 valence electrons. The summed E-state index contributed by atoms with van der Waals surface area (Å²) in [4.78, 5) is 9.50. The largest absolute Gasteiger partial charge is 0.379 e. The Morgan fingerprint density at radius 3 is 2.63 bits per heavy atom. The highest BCUT2D eigenvalue weighted by molar-refractivity contribution is 5.80. The first-order valence-corrected chi connectivity index (χ1v) is 10.5. The van der Waals surface area contributed by atoms with E-state index >= 15 is 0 Å². The molecule has 5 nitrogen and oxygen atoms in total. The van der Waals surface area contributed by atoms with Gasteiger partial charge in [-0.3, -0.25) is 9.89 Å². The van der Waals surface area contributed by atoms with E-state index < -0.39 is 0 Å². The number of ether oxygens (including phenoxy) is 1. The highest BCUT2D eigenvalue weighted by Gasteiger charge is 2.28. The van der Waals surface area contributed by atoms with Crippen LogP contribution < -0.4 is 5.32 Å². The quantitative estimate of drug-likeness (QED) is 0.637. The third kappa shape index (κ3) is 5.69. The van der Waals surface area contributed by atoms with Gasteiger partial charge >= 0.3 is 0 Å². The van der Waals surface area contributed by atoms with Gasteiger partial charge in [0.25, 0.3) is 0 Å². The van der Waals surface area contributed by atoms with Crippen LogP contribution in [0.1, 0.15) is 31.7 Å². The van der Waals surface area contributed by atoms with Gasteiger partial charge in [-0.2, -0.15) is 0 Å². The van der Waals surface area contributed by atoms with E-state index in [2.05, 4.69) is 64.3 Å². The van der Waals surface area contributed by atoms with Crippen LogP contribution in [0.2, 0.25) is 0 Å². The lowest BCUT2D eigenvalue weighted by atomic mass is 9.82. The smallest absolute Gasteiger partial charge is 0.193 e. The highest BCUT2D eigenvalue weighted by atomic mass is 16.5. The second-order valence-electron chi connectivity index (χ2n) is 8.18. The van der Waals surface area contributed by atoms with Crippen molar-refractivity contribution in [1.82, 2.24) is 15.1 Å². The predicted molar refractivity (Wildman–Crippen MR) is 112 cm³/mol. The molecule has 0 saturated carbocycles. The molecule has 3 rings (SSSR count). The number of rotatable bonds is 5. The van der Waals surface area contributed by atoms with Gasteiger partial charge in [-0.05, 0) is 29.7 Å². The number of hydrogen-bond donors (Lipinski definition) is 1. The first-order valence-electron chi connectivity index (χ1n) is 10.5. The van der Waals surface area contributed by atoms with Crippen LogP contribution in [0.3, 0.4) is 0 Å². The van der Waals surface area contributed by atoms with Crippen molar-refractivity contribution < 1.29 is 4.74 Å². The van der Waals surface area contributed by atoms with E-state index in [4.69, 9.17) is 4.74 Å². The van der Waals surface area contributed by atoms with E-state index in [1.165, 1.54) is 12.0 Å². The van der Waals surface area contributed by atoms with Gasteiger partial charge < -0.3 is 15.0 Å². The predicted octanol–water partition coefficient (Wildman–Crippen LogP) is 2.66. The molecule has 1 aromatic carbocycles. The Bertz CT molecular complexity index is 585. The Morgan fingerprint density at radius 2 is 1.96 bits per heavy atom. The van der Waals surface area contributed by atoms with Crippen LogP contribution >= 0.6 is 0 Å². The van der Waals surface area contributed by atoms with Crippen LogP contribution in [0, 0.1) is 11.8 Å². The Labute approximate surface area is 164 Å². The zero-order valence-electron chi connectivity index (χ0n) is 17.2. The van der Waals surface area contributed by atoms with Gasteiger partial charge in [0, 0.05) is 46.3 Å². The van der Waals surface area contributed by atoms with Crippen LogP contribution in [0.5, 0.6) is 0 Å². The zero-order chi connectivity index (χ0) is 19.1. The maximum atomic E-state index is 5.44. The summed E-state index contributed by atoms with van der Waals surface area (Å²) in [7, 11) is 1.91. The second-order valence-corrected chi connectivity index (χ2v) is 8.18. The molecule has 2 heterocycles. The minimum atomic E-state index is 0.596. The van der Waals surface area contributed by atoms with Gasteiger partial charge in [0.15, 0.2) is 5.96 Å². The minimum Gasteiger partial charge on any atom is -0.379 e. The van der Waals surface area contributed by atoms with Crippen LogP contribution in [0.4, 0.5) is 0 Å². The average molecular weight is 373 g/mol. The lowest BCUT2D eigenvalue weighted by molar-refractivity contribution is 0.0320. The van der Waals surface area contributed by atoms with Crippen molar-refractivity contribution in [2.24, 2.45) is 16.8 Å². The van der Waals surface area contributed by atoms with Crippen molar-refractivity contribution in [2.45, 2.75) is 26.2 Å². The second kappa shape index (κ2) is 10.1. The lowest BCUT2D eigenvalue weighted by Crippen LogP contribution is -2.49. The Morgan fingerprint density at radius 1 is 1.22 bits per heavy atom. The van der Waals surface area contributed by atoms with Crippen molar-refractivity contribution in [3.63, 3.8) is 0 Å². The number of nitrogens with one attached hydrogen (secondary N) is 1. The molecule has 27 heavy (non-hydrogen) atoms. The normalized spacial score (nSPS) is 26.0. The molecular formula is C22H36N4O. The molecule has 3 atom stereocenters. The maximum absolute atomic E-state index is 5.44. The fourth-order valence-corrected chi connectivity index (χ4v) is 4.42. The minimum absolute atomic E-state index is 0.596. The first-order chi connectivity index (χ1) is 13.2. The van der Waals surface area contributed by atoms with E-state index in [1.54, 1.807) is 0 Å². The molecule has 3 unspecified atom stereocenters. The van der Waals surface area contributed by atoms with E-state index in [0.29, 0.717) is 17.8 Å². The Hall–Kier alpha value is -1.59. The van der Waals surface area contributed by atoms with Gasteiger partial charge in [-0.1, -0.05) is 44.2 Å². The first kappa shape index (κ1) is 20.2. The summed E-state index contributed by atoms with van der Waals surface area (Å²) in [5.41, 5.74) is 1.48. The highest BCUT2D eigenvalue weighted by Crippen LogP contribution is 2.32. The van der Waals surface area contributed by atoms with Crippen LogP contribution in [0.15, 0.2) is 35.3 Å². The number of nitrogens with zero attached hydrogens (tertiary/aromatic N) is 3. The molecule has 5 heteroatoms. The molecule has 1 N–H and O–H groups in total. The fourth-order valence-electron chi connectivity index (χ4n) is 4.42. The Kier molecular flexibility index (Phi) is 7.53. The monoisotopic (exact) mass is 372 g/mol. The molecule has 2 fully saturated rings. The average Bonchev–Trinajstić information content (AvgIpc) is 2.70. The van der Waals surface area contributed by atoms with Crippen LogP contribution in [-0.4, -0.2) is 75.3 Å². The topological polar surface area (TPSA) is 40.1 Å². The summed E-state index contributed by atoms with van der Waals surface area (Å²) in [5.74, 6) is 2.94. The van der Waals surface area contributed by atoms with Gasteiger partial charge in [0.1, 0.15) is 0 Å². The molecular weight excluding hydrogens is 336 g/mol. The van der Waals surface area contributed by atoms with Crippen molar-refractivity contribution >= 4 is 5.96 Å². The molecule has 2 aliphatic rings. The van der Waals surface area contributed by atoms with Crippen molar-refractivity contribution in [2.75, 3.05) is 59.5 Å². The molecule has 1 aromatic rings. The molecule has 0 amide bonds. The summed E-state index contributed by atoms with van der Waals surface area (Å²) in [6, 6.07) is 11.0. The molecule has 0 aromatic heterocycles. The summed E-state index contributed by atoms with van der Waals surface area (Å²) in [6.45, 7) is 12.8. The summed E-state index contributed by atoms with van der Waals surface area (Å²) >= 11 is 0. The number of benzene rings is 1.